The summed E-state index contributed by atoms with van der Waals surface area (Å²) >= 11 is 0. The quantitative estimate of drug-likeness (QED) is 0.0186. The molecular weight excluding hydrogens is 805 g/mol. The molecule has 3 amide bonds. The number of carboxylic acid groups (broad SMARTS) is 2. The molecule has 0 aromatic heterocycles. The molecule has 2 atom stereocenters. The summed E-state index contributed by atoms with van der Waals surface area (Å²) in [5.41, 5.74) is 3.56. The van der Waals surface area contributed by atoms with Gasteiger partial charge in [0.25, 0.3) is 0 Å². The lowest BCUT2D eigenvalue weighted by Crippen LogP contribution is -2.32. The van der Waals surface area contributed by atoms with Crippen LogP contribution in [0.1, 0.15) is 126 Å². The highest BCUT2D eigenvalue weighted by Crippen LogP contribution is 2.30. The molecule has 14 heteroatoms. The third-order valence-corrected chi connectivity index (χ3v) is 9.51. The smallest absolute Gasteiger partial charge is 0.407 e. The van der Waals surface area contributed by atoms with Crippen molar-refractivity contribution in [1.29, 1.82) is 0 Å². The van der Waals surface area contributed by atoms with Gasteiger partial charge in [0, 0.05) is 38.8 Å². The van der Waals surface area contributed by atoms with Gasteiger partial charge in [0.05, 0.1) is 6.61 Å². The predicted molar refractivity (Wildman–Crippen MR) is 253 cm³/mol. The van der Waals surface area contributed by atoms with Crippen LogP contribution in [0.5, 0.6) is 0 Å². The first-order chi connectivity index (χ1) is 29.1. The maximum absolute atomic E-state index is 11.9. The van der Waals surface area contributed by atoms with Crippen LogP contribution in [0.2, 0.25) is 0 Å². The van der Waals surface area contributed by atoms with E-state index in [-0.39, 0.29) is 29.3 Å². The standard InChI is InChI=1S/C21H34N2O4.C20H36N2O4.C8H14O2/c1-15(2)18-8-6-7-17(11-18)14-27-20(26)22-10-9-21(4,5)12-16(3)13-23-19(24)25;1-15(2)17(4)25-11-12-26-18(5)21-10-9-20(6,7)13-16(3)14-22(8)19(23)24;1-6(2)5-10-8(9)7(3)4/h6-8,11,15-16,23H,9-10,12-14H2,1-5H3,(H,22,26)(H,24,25);16,21H,1,4-5,9-14H2,2-3,6-8H3,(H,23,24);6H,3,5H2,1-2,4H3. The Hall–Kier alpha value is -5.14. The summed E-state index contributed by atoms with van der Waals surface area (Å²) in [5.74, 6) is 2.15. The first-order valence-electron chi connectivity index (χ1n) is 21.8. The molecule has 0 heterocycles. The normalized spacial score (nSPS) is 11.9. The van der Waals surface area contributed by atoms with Crippen LogP contribution in [0.25, 0.3) is 0 Å². The fourth-order valence-corrected chi connectivity index (χ4v) is 6.19. The minimum Gasteiger partial charge on any atom is -0.490 e. The Morgan fingerprint density at radius 3 is 1.81 bits per heavy atom. The Morgan fingerprint density at radius 2 is 1.30 bits per heavy atom. The number of carbonyl (C=O) groups excluding carboxylic acids is 2. The summed E-state index contributed by atoms with van der Waals surface area (Å²) in [5, 5.41) is 26.0. The number of ether oxygens (including phenoxy) is 4. The zero-order valence-corrected chi connectivity index (χ0v) is 41.0. The lowest BCUT2D eigenvalue weighted by atomic mass is 9.80. The number of carbonyl (C=O) groups is 4. The number of hydrogen-bond acceptors (Lipinski definition) is 9. The van der Waals surface area contributed by atoms with E-state index in [1.165, 1.54) is 10.5 Å². The maximum Gasteiger partial charge on any atom is 0.407 e. The van der Waals surface area contributed by atoms with Crippen molar-refractivity contribution in [2.45, 2.75) is 121 Å². The Balaban J connectivity index is 0. The van der Waals surface area contributed by atoms with E-state index in [9.17, 15) is 19.2 Å². The molecule has 0 bridgehead atoms. The van der Waals surface area contributed by atoms with Crippen molar-refractivity contribution in [1.82, 2.24) is 20.9 Å². The first kappa shape index (κ1) is 60.0. The first-order valence-corrected chi connectivity index (χ1v) is 21.8. The number of amides is 3. The molecule has 2 unspecified atom stereocenters. The number of nitrogens with one attached hydrogen (secondary N) is 3. The van der Waals surface area contributed by atoms with Gasteiger partial charge in [0.15, 0.2) is 5.88 Å². The Bertz CT molecular complexity index is 1590. The summed E-state index contributed by atoms with van der Waals surface area (Å²) in [6.07, 6.45) is 1.23. The molecule has 1 aromatic carbocycles. The predicted octanol–water partition coefficient (Wildman–Crippen LogP) is 10.7. The van der Waals surface area contributed by atoms with Gasteiger partial charge in [-0.25, -0.2) is 19.2 Å². The van der Waals surface area contributed by atoms with Crippen LogP contribution >= 0.6 is 0 Å². The summed E-state index contributed by atoms with van der Waals surface area (Å²) in [6.45, 7) is 43.0. The van der Waals surface area contributed by atoms with Gasteiger partial charge in [-0.1, -0.05) is 113 Å². The minimum absolute atomic E-state index is 0.00151. The van der Waals surface area contributed by atoms with Crippen LogP contribution in [0.3, 0.4) is 0 Å². The molecule has 1 rings (SSSR count). The minimum atomic E-state index is -0.997. The third kappa shape index (κ3) is 34.1. The van der Waals surface area contributed by atoms with E-state index < -0.39 is 18.3 Å². The van der Waals surface area contributed by atoms with Crippen LogP contribution in [0.4, 0.5) is 14.4 Å². The molecule has 14 nitrogen and oxygen atoms in total. The van der Waals surface area contributed by atoms with Gasteiger partial charge in [0.2, 0.25) is 0 Å². The molecule has 0 spiro atoms. The molecule has 360 valence electrons. The van der Waals surface area contributed by atoms with Crippen LogP contribution in [0.15, 0.2) is 73.4 Å². The van der Waals surface area contributed by atoms with Gasteiger partial charge in [0.1, 0.15) is 25.6 Å². The molecule has 0 aliphatic heterocycles. The van der Waals surface area contributed by atoms with Crippen LogP contribution in [-0.4, -0.2) is 92.4 Å². The number of hydrogen-bond donors (Lipinski definition) is 5. The van der Waals surface area contributed by atoms with Crippen molar-refractivity contribution < 1.29 is 48.3 Å². The van der Waals surface area contributed by atoms with Gasteiger partial charge in [-0.15, -0.1) is 0 Å². The van der Waals surface area contributed by atoms with E-state index >= 15 is 0 Å². The third-order valence-electron chi connectivity index (χ3n) is 9.51. The lowest BCUT2D eigenvalue weighted by Gasteiger charge is -2.30. The van der Waals surface area contributed by atoms with Gasteiger partial charge >= 0.3 is 24.2 Å². The largest absolute Gasteiger partial charge is 0.490 e. The fraction of sp³-hybridized carbons (Fsp3) is 0.633. The SMILES string of the molecule is C=C(C)C(=O)OCC(C)C.C=C(NCCC(C)(C)CC(C)CN(C)C(=O)O)OCCOC(=C)C(=C)C.CC(CNC(=O)O)CC(C)(C)CCNC(=O)OCc1cccc(C(C)C)c1. The molecule has 0 fully saturated rings. The molecule has 0 aliphatic carbocycles. The molecule has 0 saturated carbocycles. The van der Waals surface area contributed by atoms with E-state index in [0.717, 1.165) is 43.4 Å². The second-order valence-electron chi connectivity index (χ2n) is 18.7. The molecule has 1 aromatic rings. The number of alkyl carbamates (subject to hydrolysis) is 1. The summed E-state index contributed by atoms with van der Waals surface area (Å²) in [7, 11) is 1.60. The van der Waals surface area contributed by atoms with Crippen LogP contribution < -0.4 is 16.0 Å². The Morgan fingerprint density at radius 1 is 0.746 bits per heavy atom. The van der Waals surface area contributed by atoms with E-state index in [2.05, 4.69) is 103 Å². The van der Waals surface area contributed by atoms with Crippen molar-refractivity contribution in [3.05, 3.63) is 84.5 Å². The van der Waals surface area contributed by atoms with Crippen molar-refractivity contribution in [2.24, 2.45) is 28.6 Å². The molecular formula is C49H84N4O10. The van der Waals surface area contributed by atoms with Gasteiger partial charge in [-0.3, -0.25) is 0 Å². The van der Waals surface area contributed by atoms with Crippen molar-refractivity contribution >= 4 is 24.2 Å². The highest BCUT2D eigenvalue weighted by atomic mass is 16.6. The van der Waals surface area contributed by atoms with Crippen LogP contribution in [-0.2, 0) is 30.3 Å². The van der Waals surface area contributed by atoms with E-state index in [0.29, 0.717) is 74.4 Å². The van der Waals surface area contributed by atoms with Gasteiger partial charge in [-0.2, -0.15) is 0 Å². The Kier molecular flexibility index (Phi) is 30.1. The number of esters is 1. The molecule has 5 N–H and O–H groups in total. The zero-order valence-electron chi connectivity index (χ0n) is 41.0. The lowest BCUT2D eigenvalue weighted by molar-refractivity contribution is -0.139. The van der Waals surface area contributed by atoms with E-state index in [1.54, 1.807) is 14.0 Å². The average molecular weight is 889 g/mol. The fourth-order valence-electron chi connectivity index (χ4n) is 6.19. The zero-order chi connectivity index (χ0) is 48.9. The van der Waals surface area contributed by atoms with Crippen molar-refractivity contribution in [3.8, 4) is 0 Å². The Labute approximate surface area is 379 Å². The highest BCUT2D eigenvalue weighted by molar-refractivity contribution is 5.86. The monoisotopic (exact) mass is 889 g/mol. The van der Waals surface area contributed by atoms with Crippen LogP contribution in [0, 0.1) is 28.6 Å². The topological polar surface area (TPSA) is 185 Å². The molecule has 0 aliphatic rings. The van der Waals surface area contributed by atoms with Crippen molar-refractivity contribution in [2.75, 3.05) is 53.0 Å². The number of rotatable bonds is 27. The number of benzene rings is 1. The number of allylic oxidation sites excluding steroid dienone is 1. The second-order valence-corrected chi connectivity index (χ2v) is 18.7. The molecule has 0 saturated heterocycles. The van der Waals surface area contributed by atoms with Gasteiger partial charge in [-0.05, 0) is 97.3 Å². The molecule has 63 heavy (non-hydrogen) atoms. The second kappa shape index (κ2) is 31.7. The molecule has 0 radical (unpaired) electrons. The van der Waals surface area contributed by atoms with E-state index in [4.69, 9.17) is 29.2 Å². The summed E-state index contributed by atoms with van der Waals surface area (Å²) in [6, 6.07) is 8.07. The highest BCUT2D eigenvalue weighted by Gasteiger charge is 2.23. The van der Waals surface area contributed by atoms with Gasteiger partial charge < -0.3 is 50.0 Å². The average Bonchev–Trinajstić information content (AvgIpc) is 3.16. The van der Waals surface area contributed by atoms with Crippen molar-refractivity contribution in [3.63, 3.8) is 0 Å². The summed E-state index contributed by atoms with van der Waals surface area (Å²) in [4.78, 5) is 45.4. The summed E-state index contributed by atoms with van der Waals surface area (Å²) < 4.78 is 21.0. The number of nitrogens with zero attached hydrogens (tertiary/aromatic N) is 1. The maximum atomic E-state index is 11.9. The van der Waals surface area contributed by atoms with E-state index in [1.807, 2.05) is 39.8 Å².